The number of hydrogen-bond donors (Lipinski definition) is 1. The van der Waals surface area contributed by atoms with E-state index in [1.807, 2.05) is 12.1 Å². The number of piperazine rings is 1. The second kappa shape index (κ2) is 8.17. The standard InChI is InChI=1S/C20H22N6O3/c1-14-13-18(24-29-14)23-19(27)17-7-8-21-20(22-17)26-11-9-25(10-12-26)15-3-5-16(28-2)6-4-15/h3-8,13H,9-12H2,1-2H3,(H,23,24,27). The summed E-state index contributed by atoms with van der Waals surface area (Å²) in [6.45, 7) is 4.96. The number of methoxy groups -OCH3 is 1. The fraction of sp³-hybridized carbons (Fsp3) is 0.300. The molecule has 0 atom stereocenters. The fourth-order valence-corrected chi connectivity index (χ4v) is 3.19. The minimum Gasteiger partial charge on any atom is -0.497 e. The smallest absolute Gasteiger partial charge is 0.275 e. The van der Waals surface area contributed by atoms with Crippen molar-refractivity contribution in [2.75, 3.05) is 48.4 Å². The van der Waals surface area contributed by atoms with E-state index in [0.29, 0.717) is 17.5 Å². The molecule has 3 aromatic rings. The summed E-state index contributed by atoms with van der Waals surface area (Å²) in [4.78, 5) is 25.6. The van der Waals surface area contributed by atoms with Crippen LogP contribution in [0.4, 0.5) is 17.5 Å². The molecular weight excluding hydrogens is 372 g/mol. The lowest BCUT2D eigenvalue weighted by Crippen LogP contribution is -2.47. The number of amides is 1. The second-order valence-electron chi connectivity index (χ2n) is 6.69. The second-order valence-corrected chi connectivity index (χ2v) is 6.69. The van der Waals surface area contributed by atoms with Gasteiger partial charge in [0.25, 0.3) is 5.91 Å². The summed E-state index contributed by atoms with van der Waals surface area (Å²) < 4.78 is 10.2. The lowest BCUT2D eigenvalue weighted by molar-refractivity contribution is 0.102. The van der Waals surface area contributed by atoms with Gasteiger partial charge in [0.05, 0.1) is 7.11 Å². The van der Waals surface area contributed by atoms with Crippen molar-refractivity contribution < 1.29 is 14.1 Å². The van der Waals surface area contributed by atoms with Gasteiger partial charge >= 0.3 is 0 Å². The Morgan fingerprint density at radius 2 is 1.83 bits per heavy atom. The Kier molecular flexibility index (Phi) is 5.28. The van der Waals surface area contributed by atoms with Gasteiger partial charge in [-0.15, -0.1) is 0 Å². The molecule has 0 bridgehead atoms. The molecular formula is C20H22N6O3. The van der Waals surface area contributed by atoms with Crippen LogP contribution in [-0.2, 0) is 0 Å². The van der Waals surface area contributed by atoms with Crippen LogP contribution >= 0.6 is 0 Å². The molecule has 9 heteroatoms. The van der Waals surface area contributed by atoms with Crippen LogP contribution in [0.1, 0.15) is 16.2 Å². The molecule has 1 aliphatic heterocycles. The van der Waals surface area contributed by atoms with Crippen LogP contribution < -0.4 is 19.9 Å². The number of hydrogen-bond acceptors (Lipinski definition) is 8. The minimum absolute atomic E-state index is 0.285. The molecule has 0 unspecified atom stereocenters. The van der Waals surface area contributed by atoms with Gasteiger partial charge in [-0.1, -0.05) is 5.16 Å². The van der Waals surface area contributed by atoms with E-state index in [1.165, 1.54) is 0 Å². The van der Waals surface area contributed by atoms with Crippen LogP contribution in [0.5, 0.6) is 5.75 Å². The number of rotatable bonds is 5. The molecule has 29 heavy (non-hydrogen) atoms. The number of carbonyl (C=O) groups is 1. The molecule has 0 radical (unpaired) electrons. The lowest BCUT2D eigenvalue weighted by atomic mass is 10.2. The Morgan fingerprint density at radius 3 is 2.48 bits per heavy atom. The Labute approximate surface area is 168 Å². The zero-order valence-electron chi connectivity index (χ0n) is 16.3. The normalized spacial score (nSPS) is 14.0. The molecule has 1 aliphatic rings. The highest BCUT2D eigenvalue weighted by Crippen LogP contribution is 2.21. The van der Waals surface area contributed by atoms with Crippen molar-refractivity contribution in [3.8, 4) is 5.75 Å². The molecule has 0 aliphatic carbocycles. The van der Waals surface area contributed by atoms with Gasteiger partial charge in [-0.25, -0.2) is 9.97 Å². The first kappa shape index (κ1) is 18.7. The molecule has 3 heterocycles. The summed E-state index contributed by atoms with van der Waals surface area (Å²) in [5.74, 6) is 2.03. The van der Waals surface area contributed by atoms with E-state index >= 15 is 0 Å². The zero-order valence-corrected chi connectivity index (χ0v) is 16.3. The molecule has 0 saturated carbocycles. The fourth-order valence-electron chi connectivity index (χ4n) is 3.19. The van der Waals surface area contributed by atoms with E-state index in [1.54, 1.807) is 32.4 Å². The molecule has 1 aromatic carbocycles. The maximum atomic E-state index is 12.4. The van der Waals surface area contributed by atoms with Gasteiger partial charge in [0, 0.05) is 44.1 Å². The maximum absolute atomic E-state index is 12.4. The molecule has 9 nitrogen and oxygen atoms in total. The quantitative estimate of drug-likeness (QED) is 0.704. The Morgan fingerprint density at radius 1 is 1.10 bits per heavy atom. The maximum Gasteiger partial charge on any atom is 0.275 e. The molecule has 1 fully saturated rings. The highest BCUT2D eigenvalue weighted by Gasteiger charge is 2.20. The number of aryl methyl sites for hydroxylation is 1. The number of anilines is 3. The minimum atomic E-state index is -0.348. The highest BCUT2D eigenvalue weighted by atomic mass is 16.5. The molecule has 1 saturated heterocycles. The van der Waals surface area contributed by atoms with E-state index in [9.17, 15) is 4.79 Å². The Balaban J connectivity index is 1.39. The average molecular weight is 394 g/mol. The highest BCUT2D eigenvalue weighted by molar-refractivity contribution is 6.02. The van der Waals surface area contributed by atoms with Gasteiger partial charge in [0.15, 0.2) is 5.82 Å². The van der Waals surface area contributed by atoms with Gasteiger partial charge in [0.2, 0.25) is 5.95 Å². The number of benzene rings is 1. The van der Waals surface area contributed by atoms with Crippen LogP contribution in [0, 0.1) is 6.92 Å². The number of nitrogens with zero attached hydrogens (tertiary/aromatic N) is 5. The van der Waals surface area contributed by atoms with E-state index in [2.05, 4.69) is 42.4 Å². The third-order valence-electron chi connectivity index (χ3n) is 4.75. The summed E-state index contributed by atoms with van der Waals surface area (Å²) in [5.41, 5.74) is 1.44. The summed E-state index contributed by atoms with van der Waals surface area (Å²) in [6.07, 6.45) is 1.60. The first-order chi connectivity index (χ1) is 14.1. The van der Waals surface area contributed by atoms with E-state index in [4.69, 9.17) is 9.26 Å². The number of carbonyl (C=O) groups excluding carboxylic acids is 1. The van der Waals surface area contributed by atoms with Crippen LogP contribution in [0.2, 0.25) is 0 Å². The van der Waals surface area contributed by atoms with Gasteiger partial charge < -0.3 is 24.4 Å². The molecule has 150 valence electrons. The van der Waals surface area contributed by atoms with Crippen LogP contribution in [0.25, 0.3) is 0 Å². The largest absolute Gasteiger partial charge is 0.497 e. The summed E-state index contributed by atoms with van der Waals surface area (Å²) >= 11 is 0. The third-order valence-corrected chi connectivity index (χ3v) is 4.75. The van der Waals surface area contributed by atoms with Gasteiger partial charge in [-0.2, -0.15) is 0 Å². The summed E-state index contributed by atoms with van der Waals surface area (Å²) in [6, 6.07) is 11.3. The van der Waals surface area contributed by atoms with Gasteiger partial charge in [-0.3, -0.25) is 4.79 Å². The van der Waals surface area contributed by atoms with Crippen molar-refractivity contribution >= 4 is 23.4 Å². The first-order valence-corrected chi connectivity index (χ1v) is 9.34. The van der Waals surface area contributed by atoms with E-state index in [0.717, 1.165) is 37.6 Å². The summed E-state index contributed by atoms with van der Waals surface area (Å²) in [7, 11) is 1.66. The predicted molar refractivity (Wildman–Crippen MR) is 109 cm³/mol. The lowest BCUT2D eigenvalue weighted by Gasteiger charge is -2.36. The van der Waals surface area contributed by atoms with Crippen molar-refractivity contribution in [1.29, 1.82) is 0 Å². The van der Waals surface area contributed by atoms with Crippen molar-refractivity contribution in [1.82, 2.24) is 15.1 Å². The number of nitrogens with one attached hydrogen (secondary N) is 1. The van der Waals surface area contributed by atoms with Crippen molar-refractivity contribution in [2.45, 2.75) is 6.92 Å². The van der Waals surface area contributed by atoms with E-state index in [-0.39, 0.29) is 11.6 Å². The summed E-state index contributed by atoms with van der Waals surface area (Å²) in [5, 5.41) is 6.44. The third kappa shape index (κ3) is 4.29. The van der Waals surface area contributed by atoms with Crippen molar-refractivity contribution in [3.05, 3.63) is 54.0 Å². The SMILES string of the molecule is COc1ccc(N2CCN(c3nccc(C(=O)Nc4cc(C)on4)n3)CC2)cc1. The van der Waals surface area contributed by atoms with E-state index < -0.39 is 0 Å². The molecule has 1 amide bonds. The molecule has 1 N–H and O–H groups in total. The van der Waals surface area contributed by atoms with Gasteiger partial charge in [0.1, 0.15) is 17.2 Å². The molecule has 2 aromatic heterocycles. The van der Waals surface area contributed by atoms with Crippen LogP contribution in [-0.4, -0.2) is 54.3 Å². The van der Waals surface area contributed by atoms with Crippen LogP contribution in [0.3, 0.4) is 0 Å². The topological polar surface area (TPSA) is 96.6 Å². The number of ether oxygens (including phenoxy) is 1. The van der Waals surface area contributed by atoms with Crippen molar-refractivity contribution in [3.63, 3.8) is 0 Å². The van der Waals surface area contributed by atoms with Crippen molar-refractivity contribution in [2.24, 2.45) is 0 Å². The number of aromatic nitrogens is 3. The molecule has 0 spiro atoms. The van der Waals surface area contributed by atoms with Gasteiger partial charge in [-0.05, 0) is 37.3 Å². The zero-order chi connectivity index (χ0) is 20.2. The predicted octanol–water partition coefficient (Wildman–Crippen LogP) is 2.36. The molecule has 4 rings (SSSR count). The monoisotopic (exact) mass is 394 g/mol. The first-order valence-electron chi connectivity index (χ1n) is 9.34. The average Bonchev–Trinajstić information content (AvgIpc) is 3.18. The Hall–Kier alpha value is -3.62. The van der Waals surface area contributed by atoms with Crippen LogP contribution in [0.15, 0.2) is 47.1 Å². The Bertz CT molecular complexity index is 980.